The van der Waals surface area contributed by atoms with Crippen molar-refractivity contribution in [3.63, 3.8) is 0 Å². The molecule has 1 N–H and O–H groups in total. The van der Waals surface area contributed by atoms with Crippen LogP contribution in [0, 0.1) is 0 Å². The van der Waals surface area contributed by atoms with E-state index >= 15 is 0 Å². The topological polar surface area (TPSA) is 106 Å². The van der Waals surface area contributed by atoms with Crippen LogP contribution in [0.4, 0.5) is 5.69 Å². The maximum absolute atomic E-state index is 12.5. The SMILES string of the molecule is CCOC(=O)/C=C/c1ccc(NC(=O)CSc2ccc(S(=O)(=O)N(CC)CC)cn2)cc1. The van der Waals surface area contributed by atoms with Gasteiger partial charge in [-0.2, -0.15) is 4.31 Å². The number of sulfonamides is 1. The Morgan fingerprint density at radius 1 is 1.09 bits per heavy atom. The lowest BCUT2D eigenvalue weighted by molar-refractivity contribution is -0.137. The maximum Gasteiger partial charge on any atom is 0.330 e. The van der Waals surface area contributed by atoms with Gasteiger partial charge in [0.1, 0.15) is 4.90 Å². The average Bonchev–Trinajstić information content (AvgIpc) is 2.78. The largest absolute Gasteiger partial charge is 0.463 e. The molecule has 0 aliphatic heterocycles. The fraction of sp³-hybridized carbons (Fsp3) is 0.318. The molecular weight excluding hydrogens is 450 g/mol. The molecule has 10 heteroatoms. The van der Waals surface area contributed by atoms with Crippen molar-refractivity contribution in [3.8, 4) is 0 Å². The molecule has 2 rings (SSSR count). The highest BCUT2D eigenvalue weighted by molar-refractivity contribution is 7.99. The zero-order valence-electron chi connectivity index (χ0n) is 18.3. The number of carbonyl (C=O) groups excluding carboxylic acids is 2. The van der Waals surface area contributed by atoms with Crippen LogP contribution in [0.15, 0.2) is 58.6 Å². The van der Waals surface area contributed by atoms with Crippen LogP contribution < -0.4 is 5.32 Å². The number of rotatable bonds is 11. The summed E-state index contributed by atoms with van der Waals surface area (Å²) in [4.78, 5) is 27.8. The van der Waals surface area contributed by atoms with Crippen LogP contribution in [0.25, 0.3) is 6.08 Å². The summed E-state index contributed by atoms with van der Waals surface area (Å²) in [5.74, 6) is -0.500. The Labute approximate surface area is 193 Å². The number of amides is 1. The Balaban J connectivity index is 1.88. The number of esters is 1. The van der Waals surface area contributed by atoms with Crippen molar-refractivity contribution >= 4 is 45.4 Å². The minimum Gasteiger partial charge on any atom is -0.463 e. The molecule has 172 valence electrons. The lowest BCUT2D eigenvalue weighted by atomic mass is 10.2. The van der Waals surface area contributed by atoms with Crippen LogP contribution in [0.3, 0.4) is 0 Å². The van der Waals surface area contributed by atoms with Crippen molar-refractivity contribution in [2.45, 2.75) is 30.7 Å². The Morgan fingerprint density at radius 3 is 2.34 bits per heavy atom. The predicted octanol–water partition coefficient (Wildman–Crippen LogP) is 3.42. The number of ether oxygens (including phenoxy) is 1. The van der Waals surface area contributed by atoms with Gasteiger partial charge >= 0.3 is 5.97 Å². The van der Waals surface area contributed by atoms with Gasteiger partial charge in [0, 0.05) is 31.0 Å². The molecule has 0 aliphatic rings. The second kappa shape index (κ2) is 12.4. The molecule has 32 heavy (non-hydrogen) atoms. The van der Waals surface area contributed by atoms with Gasteiger partial charge in [-0.3, -0.25) is 4.79 Å². The molecule has 1 aromatic heterocycles. The van der Waals surface area contributed by atoms with E-state index < -0.39 is 16.0 Å². The first-order valence-electron chi connectivity index (χ1n) is 10.1. The van der Waals surface area contributed by atoms with Gasteiger partial charge in [0.2, 0.25) is 15.9 Å². The predicted molar refractivity (Wildman–Crippen MR) is 126 cm³/mol. The minimum atomic E-state index is -3.55. The maximum atomic E-state index is 12.5. The average molecular weight is 478 g/mol. The van der Waals surface area contributed by atoms with Gasteiger partial charge in [0.15, 0.2) is 0 Å². The summed E-state index contributed by atoms with van der Waals surface area (Å²) in [6, 6.07) is 10.1. The monoisotopic (exact) mass is 477 g/mol. The van der Waals surface area contributed by atoms with Crippen molar-refractivity contribution in [2.24, 2.45) is 0 Å². The quantitative estimate of drug-likeness (QED) is 0.300. The molecule has 0 saturated carbocycles. The van der Waals surface area contributed by atoms with Crippen LogP contribution in [-0.4, -0.2) is 55.0 Å². The third-order valence-corrected chi connectivity index (χ3v) is 7.27. The molecule has 1 amide bonds. The Kier molecular flexibility index (Phi) is 9.89. The van der Waals surface area contributed by atoms with Crippen LogP contribution >= 0.6 is 11.8 Å². The fourth-order valence-electron chi connectivity index (χ4n) is 2.69. The number of anilines is 1. The first-order chi connectivity index (χ1) is 15.3. The van der Waals surface area contributed by atoms with Crippen LogP contribution in [-0.2, 0) is 24.3 Å². The van der Waals surface area contributed by atoms with Crippen LogP contribution in [0.5, 0.6) is 0 Å². The van der Waals surface area contributed by atoms with Crippen molar-refractivity contribution in [2.75, 3.05) is 30.8 Å². The van der Waals surface area contributed by atoms with Gasteiger partial charge in [-0.25, -0.2) is 18.2 Å². The summed E-state index contributed by atoms with van der Waals surface area (Å²) in [5, 5.41) is 3.34. The molecule has 0 fully saturated rings. The van der Waals surface area contributed by atoms with E-state index in [0.717, 1.165) is 5.56 Å². The number of benzene rings is 1. The van der Waals surface area contributed by atoms with Crippen LogP contribution in [0.2, 0.25) is 0 Å². The molecule has 1 aromatic carbocycles. The number of nitrogens with zero attached hydrogens (tertiary/aromatic N) is 2. The van der Waals surface area contributed by atoms with Crippen molar-refractivity contribution in [1.82, 2.24) is 9.29 Å². The molecule has 2 aromatic rings. The highest BCUT2D eigenvalue weighted by Gasteiger charge is 2.21. The van der Waals surface area contributed by atoms with Crippen molar-refractivity contribution in [3.05, 3.63) is 54.2 Å². The molecule has 0 saturated heterocycles. The van der Waals surface area contributed by atoms with E-state index in [1.54, 1.807) is 57.2 Å². The van der Waals surface area contributed by atoms with E-state index in [4.69, 9.17) is 4.74 Å². The van der Waals surface area contributed by atoms with E-state index in [-0.39, 0.29) is 16.6 Å². The number of hydrogen-bond donors (Lipinski definition) is 1. The summed E-state index contributed by atoms with van der Waals surface area (Å²) < 4.78 is 31.2. The van der Waals surface area contributed by atoms with Gasteiger partial charge in [0.05, 0.1) is 17.4 Å². The molecule has 0 unspecified atom stereocenters. The molecule has 1 heterocycles. The van der Waals surface area contributed by atoms with E-state index in [2.05, 4.69) is 10.3 Å². The molecule has 0 atom stereocenters. The Morgan fingerprint density at radius 2 is 1.78 bits per heavy atom. The molecule has 0 bridgehead atoms. The standard InChI is InChI=1S/C22H27N3O5S2/c1-4-25(5-2)32(28,29)19-12-13-21(23-15-19)31-16-20(26)24-18-10-7-17(8-11-18)9-14-22(27)30-6-3/h7-15H,4-6,16H2,1-3H3,(H,24,26)/b14-9+. The second-order valence-electron chi connectivity index (χ2n) is 6.47. The summed E-state index contributed by atoms with van der Waals surface area (Å²) >= 11 is 1.21. The van der Waals surface area contributed by atoms with E-state index in [1.165, 1.54) is 34.4 Å². The second-order valence-corrected chi connectivity index (χ2v) is 9.40. The molecule has 0 radical (unpaired) electrons. The smallest absolute Gasteiger partial charge is 0.330 e. The molecule has 0 aliphatic carbocycles. The summed E-state index contributed by atoms with van der Waals surface area (Å²) in [5.41, 5.74) is 1.42. The van der Waals surface area contributed by atoms with Gasteiger partial charge in [-0.1, -0.05) is 37.7 Å². The van der Waals surface area contributed by atoms with Gasteiger partial charge in [-0.15, -0.1) is 0 Å². The highest BCUT2D eigenvalue weighted by atomic mass is 32.2. The zero-order chi connectivity index (χ0) is 23.6. The third-order valence-electron chi connectivity index (χ3n) is 4.30. The number of pyridine rings is 1. The summed E-state index contributed by atoms with van der Waals surface area (Å²) in [6.45, 7) is 6.40. The Bertz CT molecular complexity index is 1030. The van der Waals surface area contributed by atoms with Gasteiger partial charge in [-0.05, 0) is 42.8 Å². The highest BCUT2D eigenvalue weighted by Crippen LogP contribution is 2.20. The number of carbonyl (C=O) groups is 2. The van der Waals surface area contributed by atoms with E-state index in [0.29, 0.717) is 30.4 Å². The first-order valence-corrected chi connectivity index (χ1v) is 12.6. The first kappa shape index (κ1) is 25.6. The summed E-state index contributed by atoms with van der Waals surface area (Å²) in [7, 11) is -3.55. The van der Waals surface area contributed by atoms with E-state index in [9.17, 15) is 18.0 Å². The van der Waals surface area contributed by atoms with E-state index in [1.807, 2.05) is 0 Å². The number of thioether (sulfide) groups is 1. The molecule has 0 spiro atoms. The fourth-order valence-corrected chi connectivity index (χ4v) is 4.73. The molecular formula is C22H27N3O5S2. The zero-order valence-corrected chi connectivity index (χ0v) is 19.9. The van der Waals surface area contributed by atoms with Crippen molar-refractivity contribution in [1.29, 1.82) is 0 Å². The van der Waals surface area contributed by atoms with Gasteiger partial charge < -0.3 is 10.1 Å². The number of hydrogen-bond acceptors (Lipinski definition) is 7. The van der Waals surface area contributed by atoms with Crippen molar-refractivity contribution < 1.29 is 22.7 Å². The lowest BCUT2D eigenvalue weighted by Gasteiger charge is -2.18. The third kappa shape index (κ3) is 7.47. The van der Waals surface area contributed by atoms with Gasteiger partial charge in [0.25, 0.3) is 0 Å². The normalized spacial score (nSPS) is 11.6. The Hall–Kier alpha value is -2.69. The van der Waals surface area contributed by atoms with Crippen LogP contribution in [0.1, 0.15) is 26.3 Å². The number of nitrogens with one attached hydrogen (secondary N) is 1. The number of aromatic nitrogens is 1. The lowest BCUT2D eigenvalue weighted by Crippen LogP contribution is -2.30. The minimum absolute atomic E-state index is 0.125. The molecule has 8 nitrogen and oxygen atoms in total. The summed E-state index contributed by atoms with van der Waals surface area (Å²) in [6.07, 6.45) is 4.30.